The van der Waals surface area contributed by atoms with Gasteiger partial charge in [-0.25, -0.2) is 0 Å². The van der Waals surface area contributed by atoms with Crippen LogP contribution in [0.15, 0.2) is 65.2 Å². The van der Waals surface area contributed by atoms with E-state index in [-0.39, 0.29) is 5.57 Å². The summed E-state index contributed by atoms with van der Waals surface area (Å²) >= 11 is 0. The fourth-order valence-electron chi connectivity index (χ4n) is 4.55. The van der Waals surface area contributed by atoms with E-state index in [4.69, 9.17) is 4.74 Å². The molecule has 0 bridgehead atoms. The van der Waals surface area contributed by atoms with Crippen molar-refractivity contribution < 1.29 is 4.74 Å². The molecule has 0 spiro atoms. The molecule has 0 N–H and O–H groups in total. The van der Waals surface area contributed by atoms with Crippen LogP contribution >= 0.6 is 0 Å². The van der Waals surface area contributed by atoms with E-state index in [2.05, 4.69) is 43.0 Å². The zero-order valence-corrected chi connectivity index (χ0v) is 23.3. The van der Waals surface area contributed by atoms with E-state index in [0.717, 1.165) is 18.7 Å². The number of hydrogen-bond donors (Lipinski definition) is 0. The molecule has 37 heavy (non-hydrogen) atoms. The Morgan fingerprint density at radius 1 is 0.757 bits per heavy atom. The molecule has 0 aromatic heterocycles. The van der Waals surface area contributed by atoms with E-state index < -0.39 is 0 Å². The second-order valence-electron chi connectivity index (χ2n) is 9.91. The lowest BCUT2D eigenvalue weighted by Gasteiger charge is -2.25. The Kier molecular flexibility index (Phi) is 14.6. The number of ether oxygens (including phenoxy) is 1. The van der Waals surface area contributed by atoms with E-state index in [1.54, 1.807) is 12.2 Å². The van der Waals surface area contributed by atoms with Gasteiger partial charge in [0.2, 0.25) is 0 Å². The van der Waals surface area contributed by atoms with Crippen LogP contribution < -0.4 is 4.90 Å². The number of nitriles is 2. The van der Waals surface area contributed by atoms with Crippen molar-refractivity contribution >= 4 is 11.8 Å². The van der Waals surface area contributed by atoms with Gasteiger partial charge in [0.05, 0.1) is 0 Å². The lowest BCUT2D eigenvalue weighted by Crippen LogP contribution is -2.25. The number of rotatable bonds is 17. The number of allylic oxidation sites excluding steroid dienone is 6. The molecular formula is C33H45N3O. The van der Waals surface area contributed by atoms with Crippen molar-refractivity contribution in [3.05, 3.63) is 70.7 Å². The van der Waals surface area contributed by atoms with Crippen LogP contribution in [0.4, 0.5) is 5.69 Å². The van der Waals surface area contributed by atoms with Crippen LogP contribution in [0.5, 0.6) is 0 Å². The minimum atomic E-state index is 0.0914. The zero-order valence-electron chi connectivity index (χ0n) is 23.3. The van der Waals surface area contributed by atoms with Crippen LogP contribution in [-0.2, 0) is 4.74 Å². The molecular weight excluding hydrogens is 454 g/mol. The summed E-state index contributed by atoms with van der Waals surface area (Å²) < 4.78 is 5.77. The minimum Gasteiger partial charge on any atom is -0.462 e. The molecule has 0 fully saturated rings. The molecule has 1 aliphatic rings. The first-order chi connectivity index (χ1) is 18.1. The molecule has 0 saturated carbocycles. The highest BCUT2D eigenvalue weighted by Gasteiger charge is 2.11. The predicted molar refractivity (Wildman–Crippen MR) is 156 cm³/mol. The summed E-state index contributed by atoms with van der Waals surface area (Å²) in [6.45, 7) is 8.61. The molecule has 1 aromatic carbocycles. The highest BCUT2D eigenvalue weighted by molar-refractivity contribution is 5.59. The van der Waals surface area contributed by atoms with E-state index in [1.165, 1.54) is 82.7 Å². The summed E-state index contributed by atoms with van der Waals surface area (Å²) in [5, 5.41) is 18.4. The molecule has 1 aromatic rings. The molecule has 0 amide bonds. The summed E-state index contributed by atoms with van der Waals surface area (Å²) in [5.74, 6) is 1.28. The number of nitrogens with zero attached hydrogens (tertiary/aromatic N) is 3. The third kappa shape index (κ3) is 11.6. The van der Waals surface area contributed by atoms with Gasteiger partial charge < -0.3 is 9.64 Å². The zero-order chi connectivity index (χ0) is 26.7. The Morgan fingerprint density at radius 3 is 1.84 bits per heavy atom. The maximum atomic E-state index is 9.18. The molecule has 4 heteroatoms. The van der Waals surface area contributed by atoms with E-state index in [1.807, 2.05) is 31.2 Å². The monoisotopic (exact) mass is 499 g/mol. The van der Waals surface area contributed by atoms with Crippen LogP contribution in [0, 0.1) is 22.7 Å². The summed E-state index contributed by atoms with van der Waals surface area (Å²) in [7, 11) is 0. The lowest BCUT2D eigenvalue weighted by atomic mass is 10.1. The van der Waals surface area contributed by atoms with Gasteiger partial charge in [-0.05, 0) is 55.7 Å². The van der Waals surface area contributed by atoms with Crippen molar-refractivity contribution in [3.8, 4) is 12.1 Å². The first kappa shape index (κ1) is 30.0. The van der Waals surface area contributed by atoms with Gasteiger partial charge in [0, 0.05) is 24.4 Å². The minimum absolute atomic E-state index is 0.0914. The Hall–Kier alpha value is -3.24. The summed E-state index contributed by atoms with van der Waals surface area (Å²) in [6.07, 6.45) is 23.2. The van der Waals surface area contributed by atoms with E-state index in [0.29, 0.717) is 17.1 Å². The lowest BCUT2D eigenvalue weighted by molar-refractivity contribution is 0.318. The Morgan fingerprint density at radius 2 is 1.30 bits per heavy atom. The fourth-order valence-corrected chi connectivity index (χ4v) is 4.55. The number of benzene rings is 1. The molecule has 0 atom stereocenters. The largest absolute Gasteiger partial charge is 0.462 e. The predicted octanol–water partition coefficient (Wildman–Crippen LogP) is 9.39. The second-order valence-corrected chi connectivity index (χ2v) is 9.91. The Balaban J connectivity index is 2.01. The first-order valence-electron chi connectivity index (χ1n) is 14.3. The fraction of sp³-hybridized carbons (Fsp3) is 0.515. The van der Waals surface area contributed by atoms with Crippen molar-refractivity contribution in [2.75, 3.05) is 18.0 Å². The molecule has 0 aliphatic carbocycles. The first-order valence-corrected chi connectivity index (χ1v) is 14.3. The average Bonchev–Trinajstić information content (AvgIpc) is 2.91. The number of hydrogen-bond acceptors (Lipinski definition) is 4. The van der Waals surface area contributed by atoms with Gasteiger partial charge in [0.1, 0.15) is 29.2 Å². The highest BCUT2D eigenvalue weighted by atomic mass is 16.5. The number of unbranched alkanes of at least 4 members (excludes halogenated alkanes) is 10. The van der Waals surface area contributed by atoms with Crippen molar-refractivity contribution in [3.63, 3.8) is 0 Å². The van der Waals surface area contributed by atoms with Crippen molar-refractivity contribution in [2.45, 2.75) is 97.8 Å². The van der Waals surface area contributed by atoms with Gasteiger partial charge in [-0.15, -0.1) is 0 Å². The molecule has 0 radical (unpaired) electrons. The van der Waals surface area contributed by atoms with Crippen LogP contribution in [0.2, 0.25) is 0 Å². The molecule has 0 unspecified atom stereocenters. The van der Waals surface area contributed by atoms with Gasteiger partial charge in [-0.1, -0.05) is 96.3 Å². The molecule has 2 rings (SSSR count). The van der Waals surface area contributed by atoms with E-state index >= 15 is 0 Å². The normalized spacial score (nSPS) is 12.9. The Labute approximate surface area is 225 Å². The Bertz CT molecular complexity index is 983. The highest BCUT2D eigenvalue weighted by Crippen LogP contribution is 2.24. The van der Waals surface area contributed by atoms with Crippen LogP contribution in [0.1, 0.15) is 103 Å². The standard InChI is InChI=1S/C33H45N3O/c1-4-6-8-10-12-14-22-36(23-15-13-11-9-7-5-2)32-19-16-29(17-20-32)18-21-33-25-30(24-28(3)37-33)31(26-34)27-35/h16-21,24-25H,4-15,22-23H2,1-3H3. The van der Waals surface area contributed by atoms with Crippen LogP contribution in [0.25, 0.3) is 6.08 Å². The maximum Gasteiger partial charge on any atom is 0.137 e. The molecule has 198 valence electrons. The van der Waals surface area contributed by atoms with Crippen molar-refractivity contribution in [2.24, 2.45) is 0 Å². The van der Waals surface area contributed by atoms with Crippen molar-refractivity contribution in [1.82, 2.24) is 0 Å². The summed E-state index contributed by atoms with van der Waals surface area (Å²) in [5.41, 5.74) is 3.06. The quantitative estimate of drug-likeness (QED) is 0.158. The SMILES string of the molecule is CCCCCCCCN(CCCCCCCC)c1ccc(C=CC2=CC(=C(C#N)C#N)C=C(C)O2)cc1. The van der Waals surface area contributed by atoms with Gasteiger partial charge in [0.25, 0.3) is 0 Å². The molecule has 4 nitrogen and oxygen atoms in total. The van der Waals surface area contributed by atoms with Gasteiger partial charge in [-0.2, -0.15) is 10.5 Å². The second kappa shape index (κ2) is 18.1. The van der Waals surface area contributed by atoms with Gasteiger partial charge in [0.15, 0.2) is 0 Å². The van der Waals surface area contributed by atoms with Crippen LogP contribution in [-0.4, -0.2) is 13.1 Å². The summed E-state index contributed by atoms with van der Waals surface area (Å²) in [4.78, 5) is 2.57. The molecule has 1 aliphatic heterocycles. The summed E-state index contributed by atoms with van der Waals surface area (Å²) in [6, 6.07) is 12.7. The molecule has 0 saturated heterocycles. The van der Waals surface area contributed by atoms with Crippen molar-refractivity contribution in [1.29, 1.82) is 10.5 Å². The van der Waals surface area contributed by atoms with Gasteiger partial charge >= 0.3 is 0 Å². The third-order valence-electron chi connectivity index (χ3n) is 6.71. The van der Waals surface area contributed by atoms with E-state index in [9.17, 15) is 10.5 Å². The third-order valence-corrected chi connectivity index (χ3v) is 6.71. The smallest absolute Gasteiger partial charge is 0.137 e. The number of anilines is 1. The maximum absolute atomic E-state index is 9.18. The topological polar surface area (TPSA) is 60.0 Å². The molecule has 1 heterocycles. The van der Waals surface area contributed by atoms with Crippen LogP contribution in [0.3, 0.4) is 0 Å². The van der Waals surface area contributed by atoms with Gasteiger partial charge in [-0.3, -0.25) is 0 Å². The average molecular weight is 500 g/mol.